The molecule has 0 bridgehead atoms. The molecule has 7 heteroatoms. The normalized spacial score (nSPS) is 18.2. The summed E-state index contributed by atoms with van der Waals surface area (Å²) in [6.07, 6.45) is 7.00. The van der Waals surface area contributed by atoms with Gasteiger partial charge in [-0.05, 0) is 52.9 Å². The molecule has 0 spiro atoms. The van der Waals surface area contributed by atoms with Crippen molar-refractivity contribution in [2.45, 2.75) is 18.4 Å². The van der Waals surface area contributed by atoms with Crippen molar-refractivity contribution in [3.63, 3.8) is 0 Å². The molecule has 2 atom stereocenters. The molecule has 0 fully saturated rings. The highest BCUT2D eigenvalue weighted by Gasteiger charge is 2.45. The van der Waals surface area contributed by atoms with Crippen molar-refractivity contribution in [2.24, 2.45) is 0 Å². The van der Waals surface area contributed by atoms with Crippen LogP contribution < -0.4 is 10.1 Å². The van der Waals surface area contributed by atoms with Crippen LogP contribution >= 0.6 is 11.6 Å². The monoisotopic (exact) mass is 528 g/mol. The van der Waals surface area contributed by atoms with Gasteiger partial charge in [-0.1, -0.05) is 72.3 Å². The van der Waals surface area contributed by atoms with E-state index >= 15 is 0 Å². The van der Waals surface area contributed by atoms with Crippen LogP contribution in [0.3, 0.4) is 0 Å². The number of methoxy groups -OCH3 is 2. The second-order valence-electron chi connectivity index (χ2n) is 9.22. The van der Waals surface area contributed by atoms with Crippen LogP contribution in [0.1, 0.15) is 39.4 Å². The number of benzene rings is 3. The average Bonchev–Trinajstić information content (AvgIpc) is 3.15. The van der Waals surface area contributed by atoms with Crippen LogP contribution in [0.15, 0.2) is 78.9 Å². The zero-order chi connectivity index (χ0) is 26.6. The van der Waals surface area contributed by atoms with Crippen LogP contribution in [-0.4, -0.2) is 50.1 Å². The molecule has 1 aliphatic heterocycles. The lowest BCUT2D eigenvalue weighted by molar-refractivity contribution is -0.118. The number of hydrogen-bond acceptors (Lipinski definition) is 4. The smallest absolute Gasteiger partial charge is 0.254 e. The van der Waals surface area contributed by atoms with Crippen molar-refractivity contribution >= 4 is 40.8 Å². The fourth-order valence-electron chi connectivity index (χ4n) is 5.31. The van der Waals surface area contributed by atoms with E-state index in [0.29, 0.717) is 47.2 Å². The van der Waals surface area contributed by atoms with E-state index in [1.807, 2.05) is 30.3 Å². The Morgan fingerprint density at radius 2 is 1.82 bits per heavy atom. The molecule has 0 saturated heterocycles. The third kappa shape index (κ3) is 4.85. The van der Waals surface area contributed by atoms with E-state index in [1.54, 1.807) is 43.4 Å². The number of carbonyl (C=O) groups excluding carboxylic acids is 2. The number of amides is 2. The summed E-state index contributed by atoms with van der Waals surface area (Å²) in [4.78, 5) is 29.8. The van der Waals surface area contributed by atoms with Gasteiger partial charge in [0.2, 0.25) is 5.91 Å². The van der Waals surface area contributed by atoms with Gasteiger partial charge in [0.25, 0.3) is 5.91 Å². The Kier molecular flexibility index (Phi) is 7.63. The maximum atomic E-state index is 14.2. The van der Waals surface area contributed by atoms with Crippen LogP contribution in [0.2, 0.25) is 5.02 Å². The van der Waals surface area contributed by atoms with Gasteiger partial charge in [-0.2, -0.15) is 0 Å². The van der Waals surface area contributed by atoms with Crippen LogP contribution in [0.4, 0.5) is 5.69 Å². The van der Waals surface area contributed by atoms with Gasteiger partial charge in [0.1, 0.15) is 5.75 Å². The van der Waals surface area contributed by atoms with Crippen molar-refractivity contribution in [1.82, 2.24) is 4.90 Å². The highest BCUT2D eigenvalue weighted by atomic mass is 35.5. The molecule has 1 aliphatic carbocycles. The molecule has 2 aliphatic rings. The second-order valence-corrected chi connectivity index (χ2v) is 9.63. The number of nitrogens with one attached hydrogen (secondary N) is 1. The van der Waals surface area contributed by atoms with Crippen LogP contribution in [-0.2, 0) is 9.53 Å². The van der Waals surface area contributed by atoms with Gasteiger partial charge in [-0.3, -0.25) is 9.59 Å². The fourth-order valence-corrected chi connectivity index (χ4v) is 5.56. The maximum Gasteiger partial charge on any atom is 0.254 e. The highest BCUT2D eigenvalue weighted by molar-refractivity contribution is 6.32. The van der Waals surface area contributed by atoms with E-state index in [1.165, 1.54) is 0 Å². The summed E-state index contributed by atoms with van der Waals surface area (Å²) in [5, 5.41) is 3.45. The standard InChI is InChI=1S/C31H29ClN2O4/c1-37-18-17-34-29(24-13-6-4-10-20-9-3-5-11-22(20)24)28(23-12-7-8-14-25(23)31(34)36)30(35)33-21-15-16-27(38-2)26(32)19-21/h3-5,7-16,19,28-29H,6,17-18H2,1-2H3,(H,33,35). The summed E-state index contributed by atoms with van der Waals surface area (Å²) >= 11 is 6.34. The number of ether oxygens (including phenoxy) is 2. The number of hydrogen-bond donors (Lipinski definition) is 1. The Morgan fingerprint density at radius 1 is 1.05 bits per heavy atom. The van der Waals surface area contributed by atoms with Crippen LogP contribution in [0, 0.1) is 0 Å². The Balaban J connectivity index is 1.65. The Bertz CT molecular complexity index is 1430. The molecule has 0 aromatic heterocycles. The van der Waals surface area contributed by atoms with Gasteiger partial charge in [-0.25, -0.2) is 0 Å². The second kappa shape index (κ2) is 11.3. The quantitative estimate of drug-likeness (QED) is 0.406. The molecule has 3 aromatic rings. The molecule has 194 valence electrons. The topological polar surface area (TPSA) is 67.9 Å². The zero-order valence-corrected chi connectivity index (χ0v) is 22.1. The van der Waals surface area contributed by atoms with Crippen molar-refractivity contribution in [3.05, 3.63) is 106 Å². The molecule has 1 N–H and O–H groups in total. The molecular weight excluding hydrogens is 500 g/mol. The van der Waals surface area contributed by atoms with Crippen molar-refractivity contribution in [2.75, 3.05) is 32.7 Å². The summed E-state index contributed by atoms with van der Waals surface area (Å²) in [7, 11) is 3.15. The van der Waals surface area contributed by atoms with E-state index in [4.69, 9.17) is 21.1 Å². The number of anilines is 1. The van der Waals surface area contributed by atoms with Gasteiger partial charge in [-0.15, -0.1) is 0 Å². The summed E-state index contributed by atoms with van der Waals surface area (Å²) in [6, 6.07) is 20.0. The van der Waals surface area contributed by atoms with Gasteiger partial charge in [0.15, 0.2) is 0 Å². The molecule has 1 heterocycles. The van der Waals surface area contributed by atoms with Gasteiger partial charge in [0.05, 0.1) is 30.7 Å². The van der Waals surface area contributed by atoms with Crippen molar-refractivity contribution in [1.29, 1.82) is 0 Å². The van der Waals surface area contributed by atoms with Gasteiger partial charge >= 0.3 is 0 Å². The predicted octanol–water partition coefficient (Wildman–Crippen LogP) is 6.04. The molecule has 2 unspecified atom stereocenters. The van der Waals surface area contributed by atoms with E-state index < -0.39 is 12.0 Å². The number of carbonyl (C=O) groups is 2. The third-order valence-electron chi connectivity index (χ3n) is 7.04. The Morgan fingerprint density at radius 3 is 2.58 bits per heavy atom. The lowest BCUT2D eigenvalue weighted by Gasteiger charge is -2.43. The minimum Gasteiger partial charge on any atom is -0.495 e. The molecular formula is C31H29ClN2O4. The van der Waals surface area contributed by atoms with Crippen molar-refractivity contribution in [3.8, 4) is 5.75 Å². The lowest BCUT2D eigenvalue weighted by Crippen LogP contribution is -2.52. The molecule has 6 nitrogen and oxygen atoms in total. The minimum atomic E-state index is -0.668. The summed E-state index contributed by atoms with van der Waals surface area (Å²) < 4.78 is 10.6. The largest absolute Gasteiger partial charge is 0.495 e. The number of nitrogens with zero attached hydrogens (tertiary/aromatic N) is 1. The molecule has 0 saturated carbocycles. The Hall–Kier alpha value is -3.87. The minimum absolute atomic E-state index is 0.116. The highest BCUT2D eigenvalue weighted by Crippen LogP contribution is 2.42. The SMILES string of the molecule is COCCN1C(=O)c2ccccc2C(C(=O)Nc2ccc(OC)c(Cl)c2)C1C1=CCC=Cc2ccccc21. The third-order valence-corrected chi connectivity index (χ3v) is 7.33. The predicted molar refractivity (Wildman–Crippen MR) is 151 cm³/mol. The average molecular weight is 529 g/mol. The summed E-state index contributed by atoms with van der Waals surface area (Å²) in [6.45, 7) is 0.694. The van der Waals surface area contributed by atoms with Gasteiger partial charge in [0, 0.05) is 24.9 Å². The zero-order valence-electron chi connectivity index (χ0n) is 21.3. The van der Waals surface area contributed by atoms with E-state index in [-0.39, 0.29) is 11.8 Å². The number of halogens is 1. The van der Waals surface area contributed by atoms with Crippen LogP contribution in [0.25, 0.3) is 11.6 Å². The first-order chi connectivity index (χ1) is 18.5. The maximum absolute atomic E-state index is 14.2. The van der Waals surface area contributed by atoms with E-state index in [9.17, 15) is 9.59 Å². The molecule has 5 rings (SSSR count). The molecule has 0 radical (unpaired) electrons. The van der Waals surface area contributed by atoms with Crippen LogP contribution in [0.5, 0.6) is 5.75 Å². The Labute approximate surface area is 227 Å². The number of allylic oxidation sites excluding steroid dienone is 2. The first-order valence-electron chi connectivity index (χ1n) is 12.5. The number of rotatable bonds is 7. The fraction of sp³-hybridized carbons (Fsp3) is 0.226. The first-order valence-corrected chi connectivity index (χ1v) is 12.9. The lowest BCUT2D eigenvalue weighted by atomic mass is 9.76. The number of fused-ring (bicyclic) bond motifs is 2. The summed E-state index contributed by atoms with van der Waals surface area (Å²) in [5.41, 5.74) is 4.77. The van der Waals surface area contributed by atoms with Gasteiger partial charge < -0.3 is 19.7 Å². The van der Waals surface area contributed by atoms with Crippen molar-refractivity contribution < 1.29 is 19.1 Å². The van der Waals surface area contributed by atoms with E-state index in [0.717, 1.165) is 16.7 Å². The molecule has 38 heavy (non-hydrogen) atoms. The first kappa shape index (κ1) is 25.8. The molecule has 3 aromatic carbocycles. The summed E-state index contributed by atoms with van der Waals surface area (Å²) in [5.74, 6) is -0.488. The van der Waals surface area contributed by atoms with E-state index in [2.05, 4.69) is 35.7 Å². The molecule has 2 amide bonds.